The number of ether oxygens (including phenoxy) is 1. The summed E-state index contributed by atoms with van der Waals surface area (Å²) in [7, 11) is 1.33. The van der Waals surface area contributed by atoms with Gasteiger partial charge in [-0.05, 0) is 24.6 Å². The van der Waals surface area contributed by atoms with Crippen molar-refractivity contribution >= 4 is 22.4 Å². The number of anilines is 1. The first kappa shape index (κ1) is 13.5. The zero-order chi connectivity index (χ0) is 13.8. The number of methoxy groups -OCH3 is 1. The van der Waals surface area contributed by atoms with E-state index in [-0.39, 0.29) is 5.82 Å². The number of esters is 1. The molecule has 1 heterocycles. The smallest absolute Gasteiger partial charge is 0.357 e. The normalized spacial score (nSPS) is 10.3. The summed E-state index contributed by atoms with van der Waals surface area (Å²) in [5, 5.41) is 3.74. The summed E-state index contributed by atoms with van der Waals surface area (Å²) in [5.74, 6) is -0.703. The molecule has 0 aliphatic carbocycles. The summed E-state index contributed by atoms with van der Waals surface area (Å²) in [4.78, 5) is 16.4. The molecule has 0 saturated heterocycles. The van der Waals surface area contributed by atoms with Crippen molar-refractivity contribution in [2.45, 2.75) is 13.5 Å². The second kappa shape index (κ2) is 5.79. The number of carbonyl (C=O) groups excluding carboxylic acids is 1. The van der Waals surface area contributed by atoms with E-state index in [0.717, 1.165) is 10.4 Å². The lowest BCUT2D eigenvalue weighted by molar-refractivity contribution is 0.0594. The molecule has 4 nitrogen and oxygen atoms in total. The monoisotopic (exact) mass is 280 g/mol. The number of carbonyl (C=O) groups is 1. The summed E-state index contributed by atoms with van der Waals surface area (Å²) in [5.41, 5.74) is 1.27. The van der Waals surface area contributed by atoms with Gasteiger partial charge in [0.1, 0.15) is 5.82 Å². The third-order valence-electron chi connectivity index (χ3n) is 2.53. The molecule has 0 saturated carbocycles. The summed E-state index contributed by atoms with van der Waals surface area (Å²) in [6, 6.07) is 6.21. The van der Waals surface area contributed by atoms with Crippen LogP contribution in [-0.4, -0.2) is 18.1 Å². The molecule has 2 rings (SSSR count). The van der Waals surface area contributed by atoms with Crippen LogP contribution in [0.15, 0.2) is 24.3 Å². The van der Waals surface area contributed by atoms with Gasteiger partial charge in [-0.25, -0.2) is 14.2 Å². The standard InChI is InChI=1S/C13H13FN2O2S/c1-8-11(12(17)18-2)16-13(19-8)15-7-9-3-5-10(14)6-4-9/h3-6H,7H2,1-2H3,(H,15,16). The number of hydrogen-bond acceptors (Lipinski definition) is 5. The van der Waals surface area contributed by atoms with Crippen LogP contribution in [0.2, 0.25) is 0 Å². The Labute approximate surface area is 114 Å². The van der Waals surface area contributed by atoms with Gasteiger partial charge in [-0.3, -0.25) is 0 Å². The lowest BCUT2D eigenvalue weighted by atomic mass is 10.2. The number of hydrogen-bond donors (Lipinski definition) is 1. The number of nitrogens with one attached hydrogen (secondary N) is 1. The molecule has 1 aromatic carbocycles. The highest BCUT2D eigenvalue weighted by atomic mass is 32.1. The minimum Gasteiger partial charge on any atom is -0.464 e. The number of nitrogens with zero attached hydrogens (tertiary/aromatic N) is 1. The Kier molecular flexibility index (Phi) is 4.11. The number of benzene rings is 1. The Hall–Kier alpha value is -1.95. The van der Waals surface area contributed by atoms with E-state index in [4.69, 9.17) is 0 Å². The van der Waals surface area contributed by atoms with Crippen LogP contribution in [-0.2, 0) is 11.3 Å². The Bertz CT molecular complexity index is 581. The predicted molar refractivity (Wildman–Crippen MR) is 71.9 cm³/mol. The average Bonchev–Trinajstić information content (AvgIpc) is 2.78. The Morgan fingerprint density at radius 3 is 2.74 bits per heavy atom. The second-order valence-corrected chi connectivity index (χ2v) is 5.10. The minimum absolute atomic E-state index is 0.262. The predicted octanol–water partition coefficient (Wildman–Crippen LogP) is 2.99. The van der Waals surface area contributed by atoms with Gasteiger partial charge in [-0.1, -0.05) is 12.1 Å². The van der Waals surface area contributed by atoms with E-state index in [1.54, 1.807) is 12.1 Å². The van der Waals surface area contributed by atoms with Gasteiger partial charge < -0.3 is 10.1 Å². The quantitative estimate of drug-likeness (QED) is 0.875. The zero-order valence-corrected chi connectivity index (χ0v) is 11.4. The molecule has 0 amide bonds. The fourth-order valence-corrected chi connectivity index (χ4v) is 2.33. The first-order valence-electron chi connectivity index (χ1n) is 5.64. The van der Waals surface area contributed by atoms with Crippen LogP contribution < -0.4 is 5.32 Å². The molecule has 0 bridgehead atoms. The van der Waals surface area contributed by atoms with Crippen molar-refractivity contribution in [3.8, 4) is 0 Å². The maximum atomic E-state index is 12.8. The van der Waals surface area contributed by atoms with Crippen molar-refractivity contribution in [2.24, 2.45) is 0 Å². The molecule has 0 radical (unpaired) electrons. The number of aryl methyl sites for hydroxylation is 1. The van der Waals surface area contributed by atoms with Crippen molar-refractivity contribution in [1.29, 1.82) is 0 Å². The molecular weight excluding hydrogens is 267 g/mol. The zero-order valence-electron chi connectivity index (χ0n) is 10.6. The summed E-state index contributed by atoms with van der Waals surface area (Å²) >= 11 is 1.38. The fraction of sp³-hybridized carbons (Fsp3) is 0.231. The molecule has 0 atom stereocenters. The third-order valence-corrected chi connectivity index (χ3v) is 3.46. The Morgan fingerprint density at radius 2 is 2.11 bits per heavy atom. The van der Waals surface area contributed by atoms with Gasteiger partial charge in [0, 0.05) is 11.4 Å². The van der Waals surface area contributed by atoms with Crippen molar-refractivity contribution < 1.29 is 13.9 Å². The van der Waals surface area contributed by atoms with Crippen molar-refractivity contribution in [3.63, 3.8) is 0 Å². The molecule has 0 aliphatic rings. The van der Waals surface area contributed by atoms with Crippen LogP contribution in [0.4, 0.5) is 9.52 Å². The van der Waals surface area contributed by atoms with Crippen molar-refractivity contribution in [2.75, 3.05) is 12.4 Å². The summed E-state index contributed by atoms with van der Waals surface area (Å²) in [6.07, 6.45) is 0. The topological polar surface area (TPSA) is 51.2 Å². The Morgan fingerprint density at radius 1 is 1.42 bits per heavy atom. The van der Waals surface area contributed by atoms with Crippen LogP contribution >= 0.6 is 11.3 Å². The van der Waals surface area contributed by atoms with Crippen LogP contribution in [0.25, 0.3) is 0 Å². The maximum Gasteiger partial charge on any atom is 0.357 e. The lowest BCUT2D eigenvalue weighted by Gasteiger charge is -2.02. The first-order chi connectivity index (χ1) is 9.10. The van der Waals surface area contributed by atoms with E-state index >= 15 is 0 Å². The van der Waals surface area contributed by atoms with E-state index in [2.05, 4.69) is 15.0 Å². The van der Waals surface area contributed by atoms with Gasteiger partial charge in [0.2, 0.25) is 0 Å². The largest absolute Gasteiger partial charge is 0.464 e. The van der Waals surface area contributed by atoms with E-state index in [1.807, 2.05) is 6.92 Å². The molecule has 1 N–H and O–H groups in total. The highest BCUT2D eigenvalue weighted by Crippen LogP contribution is 2.23. The van der Waals surface area contributed by atoms with Crippen LogP contribution in [0.3, 0.4) is 0 Å². The van der Waals surface area contributed by atoms with Gasteiger partial charge >= 0.3 is 5.97 Å². The minimum atomic E-state index is -0.441. The van der Waals surface area contributed by atoms with Crippen LogP contribution in [0.1, 0.15) is 20.9 Å². The second-order valence-electron chi connectivity index (χ2n) is 3.90. The van der Waals surface area contributed by atoms with E-state index < -0.39 is 5.97 Å². The number of halogens is 1. The number of thiazole rings is 1. The molecule has 100 valence electrons. The van der Waals surface area contributed by atoms with Crippen molar-refractivity contribution in [3.05, 3.63) is 46.2 Å². The number of rotatable bonds is 4. The molecular formula is C13H13FN2O2S. The molecule has 0 spiro atoms. The van der Waals surface area contributed by atoms with E-state index in [1.165, 1.54) is 30.6 Å². The number of aromatic nitrogens is 1. The molecule has 6 heteroatoms. The van der Waals surface area contributed by atoms with Gasteiger partial charge in [-0.15, -0.1) is 11.3 Å². The fourth-order valence-electron chi connectivity index (χ4n) is 1.54. The molecule has 0 unspecified atom stereocenters. The molecule has 0 aliphatic heterocycles. The molecule has 19 heavy (non-hydrogen) atoms. The van der Waals surface area contributed by atoms with Crippen LogP contribution in [0.5, 0.6) is 0 Å². The van der Waals surface area contributed by atoms with Gasteiger partial charge in [0.05, 0.1) is 7.11 Å². The van der Waals surface area contributed by atoms with Gasteiger partial charge in [0.25, 0.3) is 0 Å². The van der Waals surface area contributed by atoms with Crippen LogP contribution in [0, 0.1) is 12.7 Å². The molecule has 1 aromatic heterocycles. The van der Waals surface area contributed by atoms with E-state index in [0.29, 0.717) is 17.4 Å². The molecule has 2 aromatic rings. The third kappa shape index (κ3) is 3.29. The maximum absolute atomic E-state index is 12.8. The SMILES string of the molecule is COC(=O)c1nc(NCc2ccc(F)cc2)sc1C. The summed E-state index contributed by atoms with van der Waals surface area (Å²) < 4.78 is 17.4. The summed E-state index contributed by atoms with van der Waals surface area (Å²) in [6.45, 7) is 2.33. The lowest BCUT2D eigenvalue weighted by Crippen LogP contribution is -2.04. The highest BCUT2D eigenvalue weighted by molar-refractivity contribution is 7.15. The highest BCUT2D eigenvalue weighted by Gasteiger charge is 2.15. The first-order valence-corrected chi connectivity index (χ1v) is 6.46. The van der Waals surface area contributed by atoms with E-state index in [9.17, 15) is 9.18 Å². The Balaban J connectivity index is 2.04. The van der Waals surface area contributed by atoms with Gasteiger partial charge in [0.15, 0.2) is 10.8 Å². The average molecular weight is 280 g/mol. The molecule has 0 fully saturated rings. The van der Waals surface area contributed by atoms with Gasteiger partial charge in [-0.2, -0.15) is 0 Å². The van der Waals surface area contributed by atoms with Crippen molar-refractivity contribution in [1.82, 2.24) is 4.98 Å².